The SMILES string of the molecule is COc1cc(Br)nc(-c2cccc(Br)n2)c1. The fourth-order valence-corrected chi connectivity index (χ4v) is 2.03. The van der Waals surface area contributed by atoms with Gasteiger partial charge in [0.05, 0.1) is 18.5 Å². The van der Waals surface area contributed by atoms with Gasteiger partial charge in [-0.3, -0.25) is 0 Å². The number of hydrogen-bond acceptors (Lipinski definition) is 3. The molecule has 0 spiro atoms. The minimum Gasteiger partial charge on any atom is -0.497 e. The van der Waals surface area contributed by atoms with E-state index in [1.54, 1.807) is 7.11 Å². The first kappa shape index (κ1) is 11.5. The van der Waals surface area contributed by atoms with Crippen molar-refractivity contribution in [3.8, 4) is 17.1 Å². The van der Waals surface area contributed by atoms with E-state index in [-0.39, 0.29) is 0 Å². The van der Waals surface area contributed by atoms with Gasteiger partial charge in [0.1, 0.15) is 15.0 Å². The molecule has 5 heteroatoms. The Morgan fingerprint density at radius 1 is 1.00 bits per heavy atom. The smallest absolute Gasteiger partial charge is 0.123 e. The van der Waals surface area contributed by atoms with Crippen LogP contribution in [0.2, 0.25) is 0 Å². The molecule has 82 valence electrons. The second-order valence-corrected chi connectivity index (χ2v) is 4.69. The summed E-state index contributed by atoms with van der Waals surface area (Å²) in [5, 5.41) is 0. The van der Waals surface area contributed by atoms with E-state index >= 15 is 0 Å². The molecule has 0 saturated heterocycles. The Kier molecular flexibility index (Phi) is 3.56. The highest BCUT2D eigenvalue weighted by Crippen LogP contribution is 2.24. The Morgan fingerprint density at radius 2 is 1.75 bits per heavy atom. The second-order valence-electron chi connectivity index (χ2n) is 3.06. The van der Waals surface area contributed by atoms with Gasteiger partial charge in [-0.25, -0.2) is 9.97 Å². The molecule has 0 N–H and O–H groups in total. The lowest BCUT2D eigenvalue weighted by molar-refractivity contribution is 0.414. The molecule has 0 radical (unpaired) electrons. The topological polar surface area (TPSA) is 35.0 Å². The summed E-state index contributed by atoms with van der Waals surface area (Å²) >= 11 is 6.67. The molecule has 0 atom stereocenters. The molecule has 2 aromatic rings. The predicted molar refractivity (Wildman–Crippen MR) is 69.4 cm³/mol. The predicted octanol–water partition coefficient (Wildman–Crippen LogP) is 3.68. The van der Waals surface area contributed by atoms with Crippen molar-refractivity contribution in [1.29, 1.82) is 0 Å². The summed E-state index contributed by atoms with van der Waals surface area (Å²) in [6, 6.07) is 9.35. The number of halogens is 2. The van der Waals surface area contributed by atoms with Crippen LogP contribution in [-0.4, -0.2) is 17.1 Å². The van der Waals surface area contributed by atoms with Gasteiger partial charge in [0, 0.05) is 12.1 Å². The summed E-state index contributed by atoms with van der Waals surface area (Å²) in [7, 11) is 1.62. The van der Waals surface area contributed by atoms with E-state index in [1.807, 2.05) is 30.3 Å². The van der Waals surface area contributed by atoms with Crippen LogP contribution in [0.3, 0.4) is 0 Å². The van der Waals surface area contributed by atoms with Gasteiger partial charge < -0.3 is 4.74 Å². The van der Waals surface area contributed by atoms with Crippen molar-refractivity contribution in [2.75, 3.05) is 7.11 Å². The molecular formula is C11H8Br2N2O. The van der Waals surface area contributed by atoms with Crippen LogP contribution in [0.15, 0.2) is 39.5 Å². The van der Waals surface area contributed by atoms with Crippen molar-refractivity contribution in [3.63, 3.8) is 0 Å². The van der Waals surface area contributed by atoms with Crippen LogP contribution in [0.1, 0.15) is 0 Å². The van der Waals surface area contributed by atoms with Gasteiger partial charge in [-0.15, -0.1) is 0 Å². The van der Waals surface area contributed by atoms with Gasteiger partial charge in [-0.1, -0.05) is 6.07 Å². The van der Waals surface area contributed by atoms with Crippen LogP contribution in [0.5, 0.6) is 5.75 Å². The Morgan fingerprint density at radius 3 is 2.44 bits per heavy atom. The summed E-state index contributed by atoms with van der Waals surface area (Å²) in [5.74, 6) is 0.749. The summed E-state index contributed by atoms with van der Waals surface area (Å²) in [6.45, 7) is 0. The normalized spacial score (nSPS) is 10.2. The van der Waals surface area contributed by atoms with Crippen molar-refractivity contribution in [2.45, 2.75) is 0 Å². The van der Waals surface area contributed by atoms with Crippen molar-refractivity contribution in [1.82, 2.24) is 9.97 Å². The van der Waals surface area contributed by atoms with E-state index in [1.165, 1.54) is 0 Å². The number of nitrogens with zero attached hydrogens (tertiary/aromatic N) is 2. The van der Waals surface area contributed by atoms with E-state index in [0.29, 0.717) is 0 Å². The van der Waals surface area contributed by atoms with Crippen molar-refractivity contribution in [3.05, 3.63) is 39.5 Å². The average molecular weight is 344 g/mol. The number of rotatable bonds is 2. The molecule has 2 aromatic heterocycles. The highest BCUT2D eigenvalue weighted by molar-refractivity contribution is 9.10. The molecule has 0 bridgehead atoms. The zero-order valence-corrected chi connectivity index (χ0v) is 11.6. The van der Waals surface area contributed by atoms with Crippen LogP contribution >= 0.6 is 31.9 Å². The molecule has 3 nitrogen and oxygen atoms in total. The number of pyridine rings is 2. The molecule has 0 aliphatic rings. The summed E-state index contributed by atoms with van der Waals surface area (Å²) < 4.78 is 6.69. The van der Waals surface area contributed by atoms with Gasteiger partial charge in [0.15, 0.2) is 0 Å². The second kappa shape index (κ2) is 4.93. The van der Waals surface area contributed by atoms with Crippen LogP contribution in [0.4, 0.5) is 0 Å². The van der Waals surface area contributed by atoms with Crippen molar-refractivity contribution >= 4 is 31.9 Å². The van der Waals surface area contributed by atoms with Crippen molar-refractivity contribution < 1.29 is 4.74 Å². The lowest BCUT2D eigenvalue weighted by Crippen LogP contribution is -1.91. The lowest BCUT2D eigenvalue weighted by Gasteiger charge is -2.04. The van der Waals surface area contributed by atoms with Crippen LogP contribution in [0, 0.1) is 0 Å². The van der Waals surface area contributed by atoms with Crippen molar-refractivity contribution in [2.24, 2.45) is 0 Å². The van der Waals surface area contributed by atoms with Crippen LogP contribution in [0.25, 0.3) is 11.4 Å². The molecule has 0 aliphatic heterocycles. The van der Waals surface area contributed by atoms with E-state index < -0.39 is 0 Å². The summed E-state index contributed by atoms with van der Waals surface area (Å²) in [5.41, 5.74) is 1.57. The van der Waals surface area contributed by atoms with E-state index in [9.17, 15) is 0 Å². The first-order valence-corrected chi connectivity index (χ1v) is 6.12. The molecule has 0 aliphatic carbocycles. The molecular weight excluding hydrogens is 336 g/mol. The molecule has 0 aromatic carbocycles. The van der Waals surface area contributed by atoms with Gasteiger partial charge in [-0.2, -0.15) is 0 Å². The van der Waals surface area contributed by atoms with E-state index in [4.69, 9.17) is 4.74 Å². The Labute approximate surface area is 110 Å². The van der Waals surface area contributed by atoms with Crippen LogP contribution < -0.4 is 4.74 Å². The molecule has 2 heterocycles. The van der Waals surface area contributed by atoms with Gasteiger partial charge in [-0.05, 0) is 44.0 Å². The maximum absolute atomic E-state index is 5.18. The molecule has 0 fully saturated rings. The quantitative estimate of drug-likeness (QED) is 0.780. The average Bonchev–Trinajstić information content (AvgIpc) is 2.28. The maximum Gasteiger partial charge on any atom is 0.123 e. The fourth-order valence-electron chi connectivity index (χ4n) is 1.27. The third-order valence-electron chi connectivity index (χ3n) is 1.98. The zero-order valence-electron chi connectivity index (χ0n) is 8.45. The highest BCUT2D eigenvalue weighted by Gasteiger charge is 2.05. The molecule has 0 amide bonds. The van der Waals surface area contributed by atoms with Crippen LogP contribution in [-0.2, 0) is 0 Å². The number of aromatic nitrogens is 2. The number of hydrogen-bond donors (Lipinski definition) is 0. The molecule has 0 unspecified atom stereocenters. The minimum atomic E-state index is 0.726. The molecule has 16 heavy (non-hydrogen) atoms. The molecule has 2 rings (SSSR count). The largest absolute Gasteiger partial charge is 0.497 e. The first-order chi connectivity index (χ1) is 7.69. The minimum absolute atomic E-state index is 0.726. The van der Waals surface area contributed by atoms with Gasteiger partial charge in [0.25, 0.3) is 0 Å². The number of ether oxygens (including phenoxy) is 1. The zero-order chi connectivity index (χ0) is 11.5. The third kappa shape index (κ3) is 2.59. The molecule has 0 saturated carbocycles. The first-order valence-electron chi connectivity index (χ1n) is 4.53. The highest BCUT2D eigenvalue weighted by atomic mass is 79.9. The summed E-state index contributed by atoms with van der Waals surface area (Å²) in [4.78, 5) is 8.68. The fraction of sp³-hybridized carbons (Fsp3) is 0.0909. The Balaban J connectivity index is 2.51. The van der Waals surface area contributed by atoms with Gasteiger partial charge >= 0.3 is 0 Å². The standard InChI is InChI=1S/C11H8Br2N2O/c1-16-7-5-9(15-11(13)6-7)8-3-2-4-10(12)14-8/h2-6H,1H3. The summed E-state index contributed by atoms with van der Waals surface area (Å²) in [6.07, 6.45) is 0. The van der Waals surface area contributed by atoms with E-state index in [2.05, 4.69) is 41.8 Å². The van der Waals surface area contributed by atoms with Gasteiger partial charge in [0.2, 0.25) is 0 Å². The van der Waals surface area contributed by atoms with E-state index in [0.717, 1.165) is 26.3 Å². The Hall–Kier alpha value is -0.940. The Bertz CT molecular complexity index is 517. The third-order valence-corrected chi connectivity index (χ3v) is 2.83. The monoisotopic (exact) mass is 342 g/mol. The lowest BCUT2D eigenvalue weighted by atomic mass is 10.2. The maximum atomic E-state index is 5.18. The number of methoxy groups -OCH3 is 1.